The first-order chi connectivity index (χ1) is 16.5. The van der Waals surface area contributed by atoms with Gasteiger partial charge in [-0.2, -0.15) is 10.2 Å². The number of rotatable bonds is 5. The first-order valence-corrected chi connectivity index (χ1v) is 12.0. The predicted octanol–water partition coefficient (Wildman–Crippen LogP) is 3.43. The molecule has 1 aliphatic carbocycles. The summed E-state index contributed by atoms with van der Waals surface area (Å²) < 4.78 is 7.88. The number of H-pyrrole nitrogens is 1. The van der Waals surface area contributed by atoms with Gasteiger partial charge in [-0.1, -0.05) is 13.0 Å². The standard InChI is InChI=1S/C25H30N6O3/c1-2-20(32)30-14-6-7-17(15-30)31-23-21(24(26)27-28-25(23)33)22(29-31)16-10-12-19(13-11-16)34-18-8-4-3-5-9-18/h2,10-13,17-18H,1,3-9,14-15H2,(H2,26,27)(H,28,33). The highest BCUT2D eigenvalue weighted by molar-refractivity contribution is 5.99. The lowest BCUT2D eigenvalue weighted by Crippen LogP contribution is -2.40. The monoisotopic (exact) mass is 462 g/mol. The molecule has 5 rings (SSSR count). The van der Waals surface area contributed by atoms with E-state index in [9.17, 15) is 9.59 Å². The number of likely N-dealkylation sites (tertiary alicyclic amines) is 1. The van der Waals surface area contributed by atoms with Crippen LogP contribution in [-0.4, -0.2) is 50.0 Å². The van der Waals surface area contributed by atoms with Crippen LogP contribution in [0.1, 0.15) is 51.0 Å². The second kappa shape index (κ2) is 9.32. The summed E-state index contributed by atoms with van der Waals surface area (Å²) in [7, 11) is 0. The first-order valence-electron chi connectivity index (χ1n) is 12.0. The van der Waals surface area contributed by atoms with Crippen LogP contribution in [0.25, 0.3) is 22.2 Å². The number of nitrogens with one attached hydrogen (secondary N) is 1. The number of nitrogens with zero attached hydrogens (tertiary/aromatic N) is 4. The fraction of sp³-hybridized carbons (Fsp3) is 0.440. The van der Waals surface area contributed by atoms with Gasteiger partial charge >= 0.3 is 0 Å². The van der Waals surface area contributed by atoms with E-state index in [1.54, 1.807) is 9.58 Å². The highest BCUT2D eigenvalue weighted by Crippen LogP contribution is 2.34. The Labute approximate surface area is 197 Å². The first kappa shape index (κ1) is 22.2. The average Bonchev–Trinajstić information content (AvgIpc) is 3.29. The van der Waals surface area contributed by atoms with Crippen LogP contribution in [-0.2, 0) is 4.79 Å². The third-order valence-corrected chi connectivity index (χ3v) is 6.87. The number of hydrogen-bond acceptors (Lipinski definition) is 6. The minimum Gasteiger partial charge on any atom is -0.490 e. The Morgan fingerprint density at radius 1 is 1.15 bits per heavy atom. The van der Waals surface area contributed by atoms with Gasteiger partial charge in [0.2, 0.25) is 5.91 Å². The van der Waals surface area contributed by atoms with Gasteiger partial charge in [0, 0.05) is 18.7 Å². The van der Waals surface area contributed by atoms with Crippen molar-refractivity contribution >= 4 is 22.6 Å². The molecule has 2 aliphatic rings. The summed E-state index contributed by atoms with van der Waals surface area (Å²) in [5.41, 5.74) is 7.67. The Balaban J connectivity index is 1.51. The summed E-state index contributed by atoms with van der Waals surface area (Å²) in [5, 5.41) is 11.8. The number of amides is 1. The second-order valence-corrected chi connectivity index (χ2v) is 9.14. The quantitative estimate of drug-likeness (QED) is 0.561. The number of anilines is 1. The number of fused-ring (bicyclic) bond motifs is 1. The molecular weight excluding hydrogens is 432 g/mol. The number of nitrogen functional groups attached to an aromatic ring is 1. The fourth-order valence-electron chi connectivity index (χ4n) is 5.13. The van der Waals surface area contributed by atoms with Crippen LogP contribution in [0.15, 0.2) is 41.7 Å². The predicted molar refractivity (Wildman–Crippen MR) is 131 cm³/mol. The minimum atomic E-state index is -0.354. The van der Waals surface area contributed by atoms with E-state index in [1.807, 2.05) is 24.3 Å². The molecule has 1 saturated heterocycles. The number of benzene rings is 1. The lowest BCUT2D eigenvalue weighted by molar-refractivity contribution is -0.127. The molecule has 0 spiro atoms. The zero-order valence-corrected chi connectivity index (χ0v) is 19.2. The van der Waals surface area contributed by atoms with Crippen molar-refractivity contribution in [3.8, 4) is 17.0 Å². The molecule has 0 bridgehead atoms. The Hall–Kier alpha value is -3.62. The molecule has 1 unspecified atom stereocenters. The topological polar surface area (TPSA) is 119 Å². The van der Waals surface area contributed by atoms with Crippen molar-refractivity contribution in [1.29, 1.82) is 0 Å². The van der Waals surface area contributed by atoms with Gasteiger partial charge in [0.1, 0.15) is 17.0 Å². The van der Waals surface area contributed by atoms with Gasteiger partial charge in [-0.05, 0) is 68.9 Å². The van der Waals surface area contributed by atoms with Crippen LogP contribution in [0.4, 0.5) is 5.82 Å². The third-order valence-electron chi connectivity index (χ3n) is 6.87. The fourth-order valence-corrected chi connectivity index (χ4v) is 5.13. The summed E-state index contributed by atoms with van der Waals surface area (Å²) in [6, 6.07) is 7.62. The maximum atomic E-state index is 12.8. The lowest BCUT2D eigenvalue weighted by Gasteiger charge is -2.32. The summed E-state index contributed by atoms with van der Waals surface area (Å²) in [4.78, 5) is 26.8. The zero-order valence-electron chi connectivity index (χ0n) is 19.2. The molecule has 2 fully saturated rings. The van der Waals surface area contributed by atoms with Gasteiger partial charge in [-0.3, -0.25) is 14.3 Å². The van der Waals surface area contributed by atoms with E-state index in [2.05, 4.69) is 16.8 Å². The normalized spacial score (nSPS) is 19.3. The van der Waals surface area contributed by atoms with Crippen LogP contribution in [0.2, 0.25) is 0 Å². The smallest absolute Gasteiger partial charge is 0.290 e. The molecular formula is C25H30N6O3. The van der Waals surface area contributed by atoms with E-state index < -0.39 is 0 Å². The molecule has 3 aromatic rings. The number of ether oxygens (including phenoxy) is 1. The van der Waals surface area contributed by atoms with E-state index >= 15 is 0 Å². The van der Waals surface area contributed by atoms with Crippen LogP contribution in [0, 0.1) is 0 Å². The van der Waals surface area contributed by atoms with E-state index in [-0.39, 0.29) is 29.4 Å². The third kappa shape index (κ3) is 4.18. The Morgan fingerprint density at radius 3 is 2.65 bits per heavy atom. The number of carbonyl (C=O) groups excluding carboxylic acids is 1. The van der Waals surface area contributed by atoms with Crippen LogP contribution < -0.4 is 16.0 Å². The van der Waals surface area contributed by atoms with E-state index in [0.29, 0.717) is 29.7 Å². The van der Waals surface area contributed by atoms with Crippen molar-refractivity contribution in [2.75, 3.05) is 18.8 Å². The van der Waals surface area contributed by atoms with Crippen molar-refractivity contribution in [3.05, 3.63) is 47.3 Å². The molecule has 9 heteroatoms. The molecule has 9 nitrogen and oxygen atoms in total. The molecule has 3 N–H and O–H groups in total. The highest BCUT2D eigenvalue weighted by Gasteiger charge is 2.28. The summed E-state index contributed by atoms with van der Waals surface area (Å²) in [5.74, 6) is 0.924. The zero-order chi connectivity index (χ0) is 23.7. The van der Waals surface area contributed by atoms with Crippen molar-refractivity contribution in [2.45, 2.75) is 57.1 Å². The molecule has 1 atom stereocenters. The second-order valence-electron chi connectivity index (χ2n) is 9.14. The Morgan fingerprint density at radius 2 is 1.91 bits per heavy atom. The van der Waals surface area contributed by atoms with E-state index in [4.69, 9.17) is 15.6 Å². The maximum absolute atomic E-state index is 12.8. The minimum absolute atomic E-state index is 0.120. The van der Waals surface area contributed by atoms with Gasteiger partial charge in [-0.15, -0.1) is 0 Å². The molecule has 1 aliphatic heterocycles. The van der Waals surface area contributed by atoms with Gasteiger partial charge in [0.15, 0.2) is 5.82 Å². The molecule has 1 amide bonds. The van der Waals surface area contributed by atoms with Crippen molar-refractivity contribution in [2.24, 2.45) is 0 Å². The Kier molecular flexibility index (Phi) is 6.08. The molecule has 178 valence electrons. The number of aromatic amines is 1. The number of nitrogens with two attached hydrogens (primary N) is 1. The molecule has 1 aromatic carbocycles. The Bertz CT molecular complexity index is 1260. The van der Waals surface area contributed by atoms with Gasteiger partial charge < -0.3 is 15.4 Å². The van der Waals surface area contributed by atoms with Gasteiger partial charge in [0.25, 0.3) is 5.56 Å². The summed E-state index contributed by atoms with van der Waals surface area (Å²) in [6.07, 6.45) is 9.09. The molecule has 3 heterocycles. The van der Waals surface area contributed by atoms with Crippen LogP contribution in [0.3, 0.4) is 0 Å². The van der Waals surface area contributed by atoms with Crippen LogP contribution >= 0.6 is 0 Å². The number of aromatic nitrogens is 4. The highest BCUT2D eigenvalue weighted by atomic mass is 16.5. The number of piperidine rings is 1. The van der Waals surface area contributed by atoms with Crippen molar-refractivity contribution in [1.82, 2.24) is 24.9 Å². The molecule has 1 saturated carbocycles. The molecule has 0 radical (unpaired) electrons. The van der Waals surface area contributed by atoms with Gasteiger partial charge in [-0.25, -0.2) is 5.10 Å². The van der Waals surface area contributed by atoms with Crippen molar-refractivity contribution < 1.29 is 9.53 Å². The largest absolute Gasteiger partial charge is 0.490 e. The van der Waals surface area contributed by atoms with Crippen LogP contribution in [0.5, 0.6) is 5.75 Å². The molecule has 2 aromatic heterocycles. The lowest BCUT2D eigenvalue weighted by atomic mass is 9.98. The maximum Gasteiger partial charge on any atom is 0.290 e. The van der Waals surface area contributed by atoms with Gasteiger partial charge in [0.05, 0.1) is 17.5 Å². The number of carbonyl (C=O) groups is 1. The van der Waals surface area contributed by atoms with E-state index in [1.165, 1.54) is 25.3 Å². The van der Waals surface area contributed by atoms with E-state index in [0.717, 1.165) is 37.0 Å². The summed E-state index contributed by atoms with van der Waals surface area (Å²) in [6.45, 7) is 4.71. The summed E-state index contributed by atoms with van der Waals surface area (Å²) >= 11 is 0. The average molecular weight is 463 g/mol. The SMILES string of the molecule is C=CC(=O)N1CCCC(n2nc(-c3ccc(OC4CCCCC4)cc3)c3c(N)n[nH]c(=O)c32)C1. The molecule has 34 heavy (non-hydrogen) atoms. The number of hydrogen-bond donors (Lipinski definition) is 2. The van der Waals surface area contributed by atoms with Crippen molar-refractivity contribution in [3.63, 3.8) is 0 Å².